The molecule has 7 heteroatoms. The summed E-state index contributed by atoms with van der Waals surface area (Å²) < 4.78 is 5.35. The van der Waals surface area contributed by atoms with Crippen molar-refractivity contribution in [2.45, 2.75) is 23.8 Å². The minimum Gasteiger partial charge on any atom is -0.383 e. The number of nitrogens with one attached hydrogen (secondary N) is 1. The van der Waals surface area contributed by atoms with Crippen LogP contribution in [0.25, 0.3) is 0 Å². The summed E-state index contributed by atoms with van der Waals surface area (Å²) in [5, 5.41) is 3.50. The molecule has 152 valence electrons. The van der Waals surface area contributed by atoms with Gasteiger partial charge < -0.3 is 20.7 Å². The predicted octanol–water partition coefficient (Wildman–Crippen LogP) is 2.45. The smallest absolute Gasteiger partial charge is 0.224 e. The molecule has 0 spiro atoms. The van der Waals surface area contributed by atoms with E-state index in [-0.39, 0.29) is 11.9 Å². The molecule has 0 aromatic heterocycles. The minimum atomic E-state index is -0.0114. The fourth-order valence-corrected chi connectivity index (χ4v) is 4.16. The van der Waals surface area contributed by atoms with Crippen molar-refractivity contribution in [3.63, 3.8) is 0 Å². The number of morpholine rings is 1. The molecular weight excluding hydrogens is 384 g/mol. The summed E-state index contributed by atoms with van der Waals surface area (Å²) in [6.07, 6.45) is 1.38. The summed E-state index contributed by atoms with van der Waals surface area (Å²) >= 11 is 4.46. The first kappa shape index (κ1) is 19.9. The molecule has 2 aromatic carbocycles. The van der Waals surface area contributed by atoms with Crippen LogP contribution in [0.15, 0.2) is 52.4 Å². The molecule has 0 aliphatic carbocycles. The van der Waals surface area contributed by atoms with Gasteiger partial charge >= 0.3 is 0 Å². The highest BCUT2D eigenvalue weighted by Gasteiger charge is 2.26. The van der Waals surface area contributed by atoms with E-state index in [0.29, 0.717) is 38.6 Å². The van der Waals surface area contributed by atoms with Crippen LogP contribution in [0.1, 0.15) is 29.2 Å². The lowest BCUT2D eigenvalue weighted by Gasteiger charge is -2.31. The van der Waals surface area contributed by atoms with Crippen molar-refractivity contribution in [2.24, 2.45) is 10.7 Å². The lowest BCUT2D eigenvalue weighted by molar-refractivity contribution is -0.135. The van der Waals surface area contributed by atoms with Crippen LogP contribution in [0.3, 0.4) is 0 Å². The maximum absolute atomic E-state index is 12.7. The number of carbonyl (C=O) groups is 1. The van der Waals surface area contributed by atoms with Crippen molar-refractivity contribution in [3.8, 4) is 0 Å². The number of carbonyl (C=O) groups excluding carboxylic acids is 1. The van der Waals surface area contributed by atoms with Crippen LogP contribution in [0.5, 0.6) is 0 Å². The first-order valence-electron chi connectivity index (χ1n) is 9.96. The van der Waals surface area contributed by atoms with Crippen molar-refractivity contribution in [1.29, 1.82) is 0 Å². The highest BCUT2D eigenvalue weighted by Crippen LogP contribution is 2.30. The summed E-state index contributed by atoms with van der Waals surface area (Å²) in [6.45, 7) is 3.44. The molecular formula is C22H26N4O2S. The largest absolute Gasteiger partial charge is 0.383 e. The van der Waals surface area contributed by atoms with Gasteiger partial charge in [0.1, 0.15) is 5.84 Å². The van der Waals surface area contributed by atoms with Gasteiger partial charge in [-0.05, 0) is 42.3 Å². The average molecular weight is 411 g/mol. The monoisotopic (exact) mass is 410 g/mol. The van der Waals surface area contributed by atoms with Gasteiger partial charge in [0.05, 0.1) is 18.9 Å². The molecule has 2 heterocycles. The second-order valence-electron chi connectivity index (χ2n) is 7.35. The number of fused-ring (bicyclic) bond motifs is 1. The molecule has 4 rings (SSSR count). The van der Waals surface area contributed by atoms with E-state index in [9.17, 15) is 4.79 Å². The summed E-state index contributed by atoms with van der Waals surface area (Å²) in [7, 11) is 0. The summed E-state index contributed by atoms with van der Waals surface area (Å²) in [5.74, 6) is 0.594. The fraction of sp³-hybridized carbons (Fsp3) is 0.364. The van der Waals surface area contributed by atoms with Crippen LogP contribution in [-0.4, -0.2) is 49.5 Å². The Labute approximate surface area is 176 Å². The summed E-state index contributed by atoms with van der Waals surface area (Å²) in [4.78, 5) is 20.0. The third kappa shape index (κ3) is 4.63. The van der Waals surface area contributed by atoms with Crippen LogP contribution in [0.4, 0.5) is 5.69 Å². The van der Waals surface area contributed by atoms with Gasteiger partial charge in [0.15, 0.2) is 0 Å². The van der Waals surface area contributed by atoms with Crippen LogP contribution < -0.4 is 11.1 Å². The molecule has 0 bridgehead atoms. The number of hydrogen-bond acceptors (Lipinski definition) is 5. The van der Waals surface area contributed by atoms with Crippen LogP contribution in [0, 0.1) is 0 Å². The van der Waals surface area contributed by atoms with Crippen molar-refractivity contribution in [2.75, 3.05) is 32.8 Å². The summed E-state index contributed by atoms with van der Waals surface area (Å²) in [6, 6.07) is 13.8. The number of amidine groups is 1. The normalized spacial score (nSPS) is 19.7. The van der Waals surface area contributed by atoms with Gasteiger partial charge in [-0.2, -0.15) is 0 Å². The van der Waals surface area contributed by atoms with E-state index in [1.54, 1.807) is 0 Å². The van der Waals surface area contributed by atoms with Crippen molar-refractivity contribution >= 4 is 30.1 Å². The SMILES string of the molecule is NC(=Nc1ccc2c(c1)C(CC(=O)N1CCOCC1)NCC2)c1ccccc1S. The van der Waals surface area contributed by atoms with E-state index in [2.05, 4.69) is 29.0 Å². The molecule has 1 atom stereocenters. The molecule has 3 N–H and O–H groups in total. The Balaban J connectivity index is 1.56. The standard InChI is InChI=1S/C22H26N4O2S/c23-22(17-3-1-2-4-20(17)29)25-16-6-5-15-7-8-24-19(18(15)13-16)14-21(27)26-9-11-28-12-10-26/h1-6,13,19,24,29H,7-12,14H2,(H2,23,25). The Bertz CT molecular complexity index is 925. The maximum atomic E-state index is 12.7. The second-order valence-corrected chi connectivity index (χ2v) is 7.83. The maximum Gasteiger partial charge on any atom is 0.224 e. The molecule has 1 amide bonds. The Kier molecular flexibility index (Phi) is 6.18. The number of amides is 1. The van der Waals surface area contributed by atoms with Crippen molar-refractivity contribution in [1.82, 2.24) is 10.2 Å². The first-order chi connectivity index (χ1) is 14.1. The van der Waals surface area contributed by atoms with Crippen LogP contribution >= 0.6 is 12.6 Å². The van der Waals surface area contributed by atoms with Crippen molar-refractivity contribution < 1.29 is 9.53 Å². The number of thiol groups is 1. The quantitative estimate of drug-likeness (QED) is 0.411. The molecule has 1 fully saturated rings. The second kappa shape index (κ2) is 8.98. The third-order valence-corrected chi connectivity index (χ3v) is 5.85. The van der Waals surface area contributed by atoms with Gasteiger partial charge in [-0.15, -0.1) is 12.6 Å². The van der Waals surface area contributed by atoms with Gasteiger partial charge in [-0.25, -0.2) is 4.99 Å². The molecule has 1 unspecified atom stereocenters. The molecule has 1 saturated heterocycles. The molecule has 29 heavy (non-hydrogen) atoms. The van der Waals surface area contributed by atoms with Gasteiger partial charge in [0.2, 0.25) is 5.91 Å². The van der Waals surface area contributed by atoms with E-state index in [1.165, 1.54) is 5.56 Å². The van der Waals surface area contributed by atoms with E-state index >= 15 is 0 Å². The Morgan fingerprint density at radius 2 is 2.03 bits per heavy atom. The molecule has 2 aliphatic heterocycles. The fourth-order valence-electron chi connectivity index (χ4n) is 3.88. The summed E-state index contributed by atoms with van der Waals surface area (Å²) in [5.41, 5.74) is 10.2. The Morgan fingerprint density at radius 3 is 2.83 bits per heavy atom. The van der Waals surface area contributed by atoms with Gasteiger partial charge in [0.25, 0.3) is 0 Å². The van der Waals surface area contributed by atoms with E-state index in [4.69, 9.17) is 10.5 Å². The molecule has 0 saturated carbocycles. The number of hydrogen-bond donors (Lipinski definition) is 3. The minimum absolute atomic E-state index is 0.0114. The number of nitrogens with zero attached hydrogens (tertiary/aromatic N) is 2. The number of benzene rings is 2. The molecule has 0 radical (unpaired) electrons. The van der Waals surface area contributed by atoms with Gasteiger partial charge in [-0.1, -0.05) is 24.3 Å². The van der Waals surface area contributed by atoms with E-state index in [0.717, 1.165) is 34.7 Å². The average Bonchev–Trinajstić information content (AvgIpc) is 2.75. The number of rotatable bonds is 4. The van der Waals surface area contributed by atoms with Crippen LogP contribution in [-0.2, 0) is 16.0 Å². The molecule has 2 aliphatic rings. The third-order valence-electron chi connectivity index (χ3n) is 5.46. The number of aliphatic imine (C=N–C) groups is 1. The molecule has 6 nitrogen and oxygen atoms in total. The zero-order valence-electron chi connectivity index (χ0n) is 16.3. The van der Waals surface area contributed by atoms with E-state index in [1.807, 2.05) is 41.3 Å². The first-order valence-corrected chi connectivity index (χ1v) is 10.4. The molecule has 2 aromatic rings. The Hall–Kier alpha value is -2.35. The lowest BCUT2D eigenvalue weighted by atomic mass is 9.91. The van der Waals surface area contributed by atoms with Crippen LogP contribution in [0.2, 0.25) is 0 Å². The number of ether oxygens (including phenoxy) is 1. The highest BCUT2D eigenvalue weighted by molar-refractivity contribution is 7.80. The lowest BCUT2D eigenvalue weighted by Crippen LogP contribution is -2.43. The predicted molar refractivity (Wildman–Crippen MR) is 117 cm³/mol. The zero-order chi connectivity index (χ0) is 20.2. The topological polar surface area (TPSA) is 80.0 Å². The van der Waals surface area contributed by atoms with Crippen molar-refractivity contribution in [3.05, 3.63) is 59.2 Å². The highest BCUT2D eigenvalue weighted by atomic mass is 32.1. The van der Waals surface area contributed by atoms with Gasteiger partial charge in [0, 0.05) is 36.0 Å². The van der Waals surface area contributed by atoms with E-state index < -0.39 is 0 Å². The number of nitrogens with two attached hydrogens (primary N) is 1. The van der Waals surface area contributed by atoms with Gasteiger partial charge in [-0.3, -0.25) is 4.79 Å². The zero-order valence-corrected chi connectivity index (χ0v) is 17.2. The Morgan fingerprint density at radius 1 is 1.24 bits per heavy atom.